The molecule has 6 nitrogen and oxygen atoms in total. The van der Waals surface area contributed by atoms with Crippen molar-refractivity contribution in [2.24, 2.45) is 0 Å². The van der Waals surface area contributed by atoms with E-state index in [9.17, 15) is 14.4 Å². The van der Waals surface area contributed by atoms with Crippen LogP contribution in [0.4, 0.5) is 0 Å². The number of benzene rings is 1. The summed E-state index contributed by atoms with van der Waals surface area (Å²) < 4.78 is 1.92. The highest BCUT2D eigenvalue weighted by atomic mass is 32.1. The zero-order valence-electron chi connectivity index (χ0n) is 15.6. The van der Waals surface area contributed by atoms with Crippen LogP contribution in [0.5, 0.6) is 0 Å². The summed E-state index contributed by atoms with van der Waals surface area (Å²) in [4.78, 5) is 42.0. The van der Waals surface area contributed by atoms with Gasteiger partial charge in [-0.25, -0.2) is 0 Å². The minimum Gasteiger partial charge on any atom is -0.335 e. The molecule has 2 heterocycles. The second-order valence-corrected chi connectivity index (χ2v) is 7.00. The van der Waals surface area contributed by atoms with Crippen molar-refractivity contribution in [1.29, 1.82) is 0 Å². The predicted octanol–water partition coefficient (Wildman–Crippen LogP) is 3.11. The Balaban J connectivity index is 1.75. The van der Waals surface area contributed by atoms with Crippen LogP contribution in [0.15, 0.2) is 29.1 Å². The normalized spacial score (nSPS) is 13.3. The monoisotopic (exact) mass is 385 g/mol. The number of hydrogen-bond acceptors (Lipinski definition) is 4. The number of rotatable bonds is 7. The number of hydrogen-bond donors (Lipinski definition) is 1. The molecule has 1 aromatic heterocycles. The number of fused-ring (bicyclic) bond motifs is 1. The zero-order chi connectivity index (χ0) is 19.6. The fraction of sp³-hybridized carbons (Fsp3) is 0.400. The summed E-state index contributed by atoms with van der Waals surface area (Å²) in [6.45, 7) is 4.63. The Morgan fingerprint density at radius 1 is 1.00 bits per heavy atom. The molecule has 2 aromatic rings. The number of carbonyl (C=O) groups is 2. The maximum absolute atomic E-state index is 12.8. The van der Waals surface area contributed by atoms with Crippen molar-refractivity contribution >= 4 is 24.0 Å². The summed E-state index contributed by atoms with van der Waals surface area (Å²) in [5.74, 6) is -0.554. The summed E-state index contributed by atoms with van der Waals surface area (Å²) in [7, 11) is 0. The van der Waals surface area contributed by atoms with Gasteiger partial charge in [0.2, 0.25) is 0 Å². The van der Waals surface area contributed by atoms with Crippen molar-refractivity contribution in [2.45, 2.75) is 46.1 Å². The van der Waals surface area contributed by atoms with Gasteiger partial charge in [-0.3, -0.25) is 23.9 Å². The first-order valence-electron chi connectivity index (χ1n) is 9.29. The van der Waals surface area contributed by atoms with Crippen LogP contribution in [0, 0.1) is 4.77 Å². The van der Waals surface area contributed by atoms with Gasteiger partial charge in [0.25, 0.3) is 17.4 Å². The number of H-pyrrole nitrogens is 1. The number of nitrogens with zero attached hydrogens (tertiary/aromatic N) is 2. The first kappa shape index (κ1) is 19.2. The molecule has 1 aliphatic rings. The van der Waals surface area contributed by atoms with Gasteiger partial charge in [0, 0.05) is 24.3 Å². The van der Waals surface area contributed by atoms with Gasteiger partial charge in [-0.15, -0.1) is 0 Å². The van der Waals surface area contributed by atoms with Gasteiger partial charge in [-0.2, -0.15) is 0 Å². The molecule has 3 rings (SSSR count). The third-order valence-electron chi connectivity index (χ3n) is 4.87. The van der Waals surface area contributed by atoms with E-state index in [1.54, 1.807) is 24.3 Å². The van der Waals surface area contributed by atoms with Gasteiger partial charge in [-0.1, -0.05) is 32.4 Å². The second-order valence-electron chi connectivity index (χ2n) is 6.61. The summed E-state index contributed by atoms with van der Waals surface area (Å²) in [5, 5.41) is 0. The highest BCUT2D eigenvalue weighted by Crippen LogP contribution is 2.22. The second kappa shape index (κ2) is 8.00. The van der Waals surface area contributed by atoms with Crippen LogP contribution in [0.25, 0.3) is 0 Å². The Labute approximate surface area is 162 Å². The lowest BCUT2D eigenvalue weighted by atomic mass is 10.1. The predicted molar refractivity (Wildman–Crippen MR) is 106 cm³/mol. The molecular weight excluding hydrogens is 362 g/mol. The molecule has 0 radical (unpaired) electrons. The third kappa shape index (κ3) is 3.51. The van der Waals surface area contributed by atoms with Crippen molar-refractivity contribution in [1.82, 2.24) is 14.5 Å². The largest absolute Gasteiger partial charge is 0.335 e. The highest BCUT2D eigenvalue weighted by molar-refractivity contribution is 7.71. The van der Waals surface area contributed by atoms with Crippen molar-refractivity contribution < 1.29 is 9.59 Å². The number of aromatic amines is 1. The van der Waals surface area contributed by atoms with Crippen LogP contribution in [-0.2, 0) is 19.4 Å². The highest BCUT2D eigenvalue weighted by Gasteiger charge is 2.34. The van der Waals surface area contributed by atoms with Crippen molar-refractivity contribution in [3.63, 3.8) is 0 Å². The molecule has 0 saturated carbocycles. The quantitative estimate of drug-likeness (QED) is 0.587. The Morgan fingerprint density at radius 3 is 2.19 bits per heavy atom. The standard InChI is InChI=1S/C20H23N3O3S/c1-3-8-16-13(4-2)17(24)23(20(27)21-16)12-7-11-22-18(25)14-9-5-6-10-15(14)19(22)26/h5-6,9-10H,3-4,7-8,11-12H2,1-2H3,(H,21,27). The molecule has 0 saturated heterocycles. The number of aromatic nitrogens is 2. The van der Waals surface area contributed by atoms with Crippen LogP contribution in [0.1, 0.15) is 58.7 Å². The van der Waals surface area contributed by atoms with E-state index >= 15 is 0 Å². The van der Waals surface area contributed by atoms with Crippen LogP contribution in [0.3, 0.4) is 0 Å². The van der Waals surface area contributed by atoms with Gasteiger partial charge in [0.1, 0.15) is 0 Å². The van der Waals surface area contributed by atoms with Gasteiger partial charge < -0.3 is 4.98 Å². The molecule has 0 spiro atoms. The molecule has 0 bridgehead atoms. The molecule has 2 amide bonds. The minimum atomic E-state index is -0.277. The smallest absolute Gasteiger partial charge is 0.261 e. The maximum atomic E-state index is 12.8. The zero-order valence-corrected chi connectivity index (χ0v) is 16.4. The Hall–Kier alpha value is -2.54. The lowest BCUT2D eigenvalue weighted by Gasteiger charge is -2.15. The van der Waals surface area contributed by atoms with Crippen molar-refractivity contribution in [3.8, 4) is 0 Å². The maximum Gasteiger partial charge on any atom is 0.261 e. The van der Waals surface area contributed by atoms with Gasteiger partial charge in [0.05, 0.1) is 11.1 Å². The number of aryl methyl sites for hydroxylation is 1. The van der Waals surface area contributed by atoms with Crippen LogP contribution >= 0.6 is 12.2 Å². The minimum absolute atomic E-state index is 0.0768. The van der Waals surface area contributed by atoms with Gasteiger partial charge >= 0.3 is 0 Å². The lowest BCUT2D eigenvalue weighted by molar-refractivity contribution is 0.0650. The number of amides is 2. The first-order valence-corrected chi connectivity index (χ1v) is 9.70. The van der Waals surface area contributed by atoms with E-state index in [1.165, 1.54) is 9.47 Å². The lowest BCUT2D eigenvalue weighted by Crippen LogP contribution is -2.33. The Kier molecular flexibility index (Phi) is 5.70. The molecule has 27 heavy (non-hydrogen) atoms. The van der Waals surface area contributed by atoms with E-state index in [2.05, 4.69) is 11.9 Å². The molecule has 1 aromatic carbocycles. The molecule has 1 N–H and O–H groups in total. The first-order chi connectivity index (χ1) is 13.0. The Morgan fingerprint density at radius 2 is 1.63 bits per heavy atom. The topological polar surface area (TPSA) is 75.2 Å². The summed E-state index contributed by atoms with van der Waals surface area (Å²) in [6, 6.07) is 6.82. The third-order valence-corrected chi connectivity index (χ3v) is 5.19. The summed E-state index contributed by atoms with van der Waals surface area (Å²) in [5.41, 5.74) is 2.47. The number of nitrogens with one attached hydrogen (secondary N) is 1. The molecule has 7 heteroatoms. The molecule has 0 atom stereocenters. The van der Waals surface area contributed by atoms with Gasteiger partial charge in [-0.05, 0) is 43.6 Å². The molecule has 0 unspecified atom stereocenters. The average molecular weight is 385 g/mol. The summed E-state index contributed by atoms with van der Waals surface area (Å²) >= 11 is 5.36. The molecular formula is C20H23N3O3S. The summed E-state index contributed by atoms with van der Waals surface area (Å²) in [6.07, 6.45) is 2.83. The van der Waals surface area contributed by atoms with Crippen molar-refractivity contribution in [2.75, 3.05) is 6.54 Å². The van der Waals surface area contributed by atoms with E-state index in [0.29, 0.717) is 35.3 Å². The van der Waals surface area contributed by atoms with Crippen molar-refractivity contribution in [3.05, 3.63) is 61.8 Å². The fourth-order valence-electron chi connectivity index (χ4n) is 3.52. The van der Waals surface area contributed by atoms with Gasteiger partial charge in [0.15, 0.2) is 4.77 Å². The van der Waals surface area contributed by atoms with Crippen LogP contribution in [-0.4, -0.2) is 32.8 Å². The van der Waals surface area contributed by atoms with Crippen LogP contribution in [0.2, 0.25) is 0 Å². The van der Waals surface area contributed by atoms with E-state index < -0.39 is 0 Å². The SMILES string of the molecule is CCCc1[nH]c(=S)n(CCCN2C(=O)c3ccccc3C2=O)c(=O)c1CC. The molecule has 0 fully saturated rings. The van der Waals surface area contributed by atoms with E-state index in [-0.39, 0.29) is 23.9 Å². The molecule has 0 aliphatic carbocycles. The molecule has 1 aliphatic heterocycles. The average Bonchev–Trinajstić information content (AvgIpc) is 2.90. The molecule has 142 valence electrons. The fourth-order valence-corrected chi connectivity index (χ4v) is 3.81. The number of carbonyl (C=O) groups excluding carboxylic acids is 2. The van der Waals surface area contributed by atoms with E-state index in [4.69, 9.17) is 12.2 Å². The number of imide groups is 1. The van der Waals surface area contributed by atoms with Crippen LogP contribution < -0.4 is 5.56 Å². The van der Waals surface area contributed by atoms with E-state index in [0.717, 1.165) is 24.1 Å². The Bertz CT molecular complexity index is 971. The van der Waals surface area contributed by atoms with E-state index in [1.807, 2.05) is 6.92 Å².